The normalized spacial score (nSPS) is 12.4. The third-order valence-corrected chi connectivity index (χ3v) is 11.1. The zero-order valence-electron chi connectivity index (χ0n) is 37.0. The molecule has 2 heteroatoms. The van der Waals surface area contributed by atoms with Crippen LogP contribution in [0.25, 0.3) is 0 Å². The highest BCUT2D eigenvalue weighted by Crippen LogP contribution is 2.29. The molecule has 0 spiro atoms. The molecule has 0 saturated heterocycles. The molecule has 0 aliphatic carbocycles. The van der Waals surface area contributed by atoms with Crippen molar-refractivity contribution in [3.8, 4) is 0 Å². The molecule has 0 unspecified atom stereocenters. The summed E-state index contributed by atoms with van der Waals surface area (Å²) in [4.78, 5) is 0. The number of hydrogen-bond donors (Lipinski definition) is 0. The molecule has 3 rings (SSSR count). The van der Waals surface area contributed by atoms with E-state index in [1.807, 2.05) is 0 Å². The summed E-state index contributed by atoms with van der Waals surface area (Å²) in [6.07, 6.45) is 14.7. The minimum atomic E-state index is 0.0608. The van der Waals surface area contributed by atoms with Crippen molar-refractivity contribution in [2.45, 2.75) is 184 Å². The van der Waals surface area contributed by atoms with E-state index >= 15 is 0 Å². The van der Waals surface area contributed by atoms with Crippen molar-refractivity contribution in [3.05, 3.63) is 89.0 Å². The van der Waals surface area contributed by atoms with Gasteiger partial charge in [0.25, 0.3) is 0 Å². The largest absolute Gasteiger partial charge is 0.324 e. The summed E-state index contributed by atoms with van der Waals surface area (Å²) < 4.78 is 1.42. The van der Waals surface area contributed by atoms with Crippen LogP contribution in [0.1, 0.15) is 183 Å². The number of unbranched alkanes of at least 4 members (excludes halogenated alkanes) is 5. The molecule has 0 amide bonds. The zero-order valence-corrected chi connectivity index (χ0v) is 37.0. The molecule has 0 fully saturated rings. The smallest absolute Gasteiger partial charge is 0.242 e. The van der Waals surface area contributed by atoms with E-state index in [2.05, 4.69) is 164 Å². The van der Waals surface area contributed by atoms with E-state index < -0.39 is 0 Å². The molecule has 0 aliphatic heterocycles. The van der Waals surface area contributed by atoms with E-state index in [0.717, 1.165) is 6.42 Å². The van der Waals surface area contributed by atoms with Gasteiger partial charge in [0.2, 0.25) is 6.71 Å². The van der Waals surface area contributed by atoms with Gasteiger partial charge in [-0.05, 0) is 77.0 Å². The molecule has 0 N–H and O–H groups in total. The summed E-state index contributed by atoms with van der Waals surface area (Å²) in [7, 11) is 0. The second kappa shape index (κ2) is 21.5. The summed E-state index contributed by atoms with van der Waals surface area (Å²) in [5.41, 5.74) is 10.5. The highest BCUT2D eigenvalue weighted by atomic mass is 15.3. The van der Waals surface area contributed by atoms with Gasteiger partial charge in [-0.2, -0.15) is 0 Å². The molecular weight excluding hydrogens is 625 g/mol. The fraction of sp³-hybridized carbons (Fsp3) is 0.640. The summed E-state index contributed by atoms with van der Waals surface area (Å²) in [5, 5.41) is 0. The Morgan fingerprint density at radius 2 is 0.788 bits per heavy atom. The molecule has 290 valence electrons. The van der Waals surface area contributed by atoms with E-state index in [9.17, 15) is 0 Å². The molecule has 0 aromatic heterocycles. The maximum absolute atomic E-state index is 2.42. The Balaban J connectivity index is 0.000000465. The molecular formula is C50H83BN+. The highest BCUT2D eigenvalue weighted by Gasteiger charge is 2.35. The van der Waals surface area contributed by atoms with Crippen LogP contribution in [0.5, 0.6) is 0 Å². The van der Waals surface area contributed by atoms with Crippen molar-refractivity contribution in [2.24, 2.45) is 0 Å². The first kappa shape index (κ1) is 45.8. The average Bonchev–Trinajstić information content (AvgIpc) is 3.09. The molecule has 3 aromatic carbocycles. The predicted molar refractivity (Wildman–Crippen MR) is 238 cm³/mol. The topological polar surface area (TPSA) is 0 Å². The Labute approximate surface area is 325 Å². The molecule has 0 heterocycles. The van der Waals surface area contributed by atoms with Gasteiger partial charge >= 0.3 is 0 Å². The second-order valence-corrected chi connectivity index (χ2v) is 19.0. The molecule has 0 atom stereocenters. The van der Waals surface area contributed by atoms with Crippen LogP contribution in [0.3, 0.4) is 0 Å². The quantitative estimate of drug-likeness (QED) is 0.0912. The Morgan fingerprint density at radius 1 is 0.423 bits per heavy atom. The van der Waals surface area contributed by atoms with E-state index in [1.54, 1.807) is 0 Å². The molecule has 0 bridgehead atoms. The molecule has 52 heavy (non-hydrogen) atoms. The van der Waals surface area contributed by atoms with Crippen LogP contribution in [-0.2, 0) is 22.7 Å². The van der Waals surface area contributed by atoms with E-state index in [1.165, 1.54) is 134 Å². The van der Waals surface area contributed by atoms with Gasteiger partial charge in [0.15, 0.2) is 0 Å². The molecule has 0 radical (unpaired) electrons. The number of benzene rings is 3. The van der Waals surface area contributed by atoms with Crippen molar-refractivity contribution >= 4 is 23.1 Å². The van der Waals surface area contributed by atoms with Gasteiger partial charge < -0.3 is 4.48 Å². The van der Waals surface area contributed by atoms with Gasteiger partial charge in [-0.3, -0.25) is 0 Å². The minimum Gasteiger partial charge on any atom is -0.324 e. The van der Waals surface area contributed by atoms with Crippen LogP contribution in [0, 0.1) is 0 Å². The van der Waals surface area contributed by atoms with Crippen LogP contribution in [0.4, 0.5) is 0 Å². The van der Waals surface area contributed by atoms with E-state index in [4.69, 9.17) is 0 Å². The standard InChI is InChI=1S/C34H47B.C16H36N/c1-11-12-18-25-19-17-24-30(31(25)34(8,9)10)35(28-22-15-13-20-26(28)32(2,3)4)29-23-16-14-21-27(29)33(5,6)7;1-5-9-13-17(14-10-6-2,15-11-7-3)16-12-8-4/h13-17,19-24H,11-12,18H2,1-10H3;5-16H2,1-4H3/q;+1. The lowest BCUT2D eigenvalue weighted by Gasteiger charge is -2.39. The van der Waals surface area contributed by atoms with Gasteiger partial charge in [-0.1, -0.05) is 212 Å². The highest BCUT2D eigenvalue weighted by molar-refractivity contribution is 6.96. The number of aryl methyl sites for hydroxylation is 1. The number of nitrogens with zero attached hydrogens (tertiary/aromatic N) is 1. The van der Waals surface area contributed by atoms with Crippen LogP contribution in [0.15, 0.2) is 66.7 Å². The van der Waals surface area contributed by atoms with Crippen molar-refractivity contribution < 1.29 is 4.48 Å². The fourth-order valence-electron chi connectivity index (χ4n) is 8.36. The monoisotopic (exact) mass is 709 g/mol. The maximum atomic E-state index is 2.42. The first-order valence-electron chi connectivity index (χ1n) is 21.7. The van der Waals surface area contributed by atoms with Crippen LogP contribution in [-0.4, -0.2) is 37.4 Å². The summed E-state index contributed by atoms with van der Waals surface area (Å²) >= 11 is 0. The lowest BCUT2D eigenvalue weighted by atomic mass is 9.33. The Kier molecular flexibility index (Phi) is 19.0. The maximum Gasteiger partial charge on any atom is 0.242 e. The number of quaternary nitrogens is 1. The Bertz CT molecular complexity index is 1330. The minimum absolute atomic E-state index is 0.0608. The molecule has 1 nitrogen and oxygen atoms in total. The SMILES string of the molecule is CCCC[N+](CCCC)(CCCC)CCCC.CCCCc1cccc(B(c2ccccc2C(C)(C)C)c2ccccc2C(C)(C)C)c1C(C)(C)C. The number of rotatable bonds is 18. The van der Waals surface area contributed by atoms with Crippen molar-refractivity contribution in [1.29, 1.82) is 0 Å². The molecule has 0 saturated carbocycles. The molecule has 0 aliphatic rings. The van der Waals surface area contributed by atoms with Crippen molar-refractivity contribution in [3.63, 3.8) is 0 Å². The van der Waals surface area contributed by atoms with E-state index in [0.29, 0.717) is 0 Å². The van der Waals surface area contributed by atoms with Crippen LogP contribution in [0.2, 0.25) is 0 Å². The third-order valence-electron chi connectivity index (χ3n) is 11.1. The van der Waals surface area contributed by atoms with Crippen LogP contribution >= 0.6 is 0 Å². The van der Waals surface area contributed by atoms with Crippen molar-refractivity contribution in [1.82, 2.24) is 0 Å². The number of hydrogen-bond acceptors (Lipinski definition) is 0. The van der Waals surface area contributed by atoms with Crippen molar-refractivity contribution in [2.75, 3.05) is 26.2 Å². The Hall–Kier alpha value is -2.32. The first-order chi connectivity index (χ1) is 24.5. The lowest BCUT2D eigenvalue weighted by molar-refractivity contribution is -0.929. The van der Waals surface area contributed by atoms with Crippen LogP contribution < -0.4 is 16.4 Å². The predicted octanol–water partition coefficient (Wildman–Crippen LogP) is 12.4. The Morgan fingerprint density at radius 3 is 1.13 bits per heavy atom. The third kappa shape index (κ3) is 13.5. The summed E-state index contributed by atoms with van der Waals surface area (Å²) in [6.45, 7) is 38.8. The zero-order chi connectivity index (χ0) is 39.0. The first-order valence-corrected chi connectivity index (χ1v) is 21.7. The van der Waals surface area contributed by atoms with Gasteiger partial charge in [0, 0.05) is 0 Å². The van der Waals surface area contributed by atoms with E-state index in [-0.39, 0.29) is 23.0 Å². The summed E-state index contributed by atoms with van der Waals surface area (Å²) in [6, 6.07) is 25.4. The summed E-state index contributed by atoms with van der Waals surface area (Å²) in [5.74, 6) is 0. The van der Waals surface area contributed by atoms with Gasteiger partial charge in [-0.25, -0.2) is 0 Å². The van der Waals surface area contributed by atoms with Gasteiger partial charge in [-0.15, -0.1) is 0 Å². The van der Waals surface area contributed by atoms with Gasteiger partial charge in [0.1, 0.15) is 0 Å². The fourth-order valence-corrected chi connectivity index (χ4v) is 8.36. The lowest BCUT2D eigenvalue weighted by Crippen LogP contribution is -2.58. The van der Waals surface area contributed by atoms with Gasteiger partial charge in [0.05, 0.1) is 26.2 Å². The second-order valence-electron chi connectivity index (χ2n) is 19.0. The molecule has 3 aromatic rings. The average molecular weight is 709 g/mol.